The molecule has 0 aliphatic carbocycles. The molecule has 0 bridgehead atoms. The summed E-state index contributed by atoms with van der Waals surface area (Å²) in [6, 6.07) is 12.7. The van der Waals surface area contributed by atoms with Gasteiger partial charge in [0.2, 0.25) is 0 Å². The van der Waals surface area contributed by atoms with Crippen LogP contribution in [0.4, 0.5) is 10.1 Å². The Hall–Kier alpha value is -3.15. The van der Waals surface area contributed by atoms with Crippen LogP contribution in [0.25, 0.3) is 5.57 Å². The van der Waals surface area contributed by atoms with Crippen LogP contribution in [0.1, 0.15) is 19.4 Å². The number of nitrogens with one attached hydrogen (secondary N) is 1. The molecule has 1 aliphatic rings. The Morgan fingerprint density at radius 1 is 1.04 bits per heavy atom. The average molecular weight is 368 g/mol. The third-order valence-electron chi connectivity index (χ3n) is 4.21. The van der Waals surface area contributed by atoms with Crippen LogP contribution in [0.3, 0.4) is 0 Å². The number of para-hydroxylation sites is 1. The van der Waals surface area contributed by atoms with E-state index >= 15 is 0 Å². The quantitative estimate of drug-likeness (QED) is 0.790. The lowest BCUT2D eigenvalue weighted by atomic mass is 10.0. The van der Waals surface area contributed by atoms with Crippen LogP contribution in [0.2, 0.25) is 0 Å². The third-order valence-corrected chi connectivity index (χ3v) is 4.21. The van der Waals surface area contributed by atoms with Crippen molar-refractivity contribution in [2.45, 2.75) is 13.8 Å². The number of amides is 2. The first kappa shape index (κ1) is 18.6. The largest absolute Gasteiger partial charge is 0.496 e. The van der Waals surface area contributed by atoms with Crippen molar-refractivity contribution in [1.29, 1.82) is 0 Å². The van der Waals surface area contributed by atoms with Gasteiger partial charge in [-0.2, -0.15) is 0 Å². The van der Waals surface area contributed by atoms with Gasteiger partial charge in [0.25, 0.3) is 11.8 Å². The number of rotatable bonds is 6. The van der Waals surface area contributed by atoms with E-state index in [4.69, 9.17) is 4.74 Å². The maximum atomic E-state index is 13.2. The Morgan fingerprint density at radius 3 is 2.33 bits per heavy atom. The molecule has 1 aliphatic heterocycles. The highest BCUT2D eigenvalue weighted by molar-refractivity contribution is 6.37. The van der Waals surface area contributed by atoms with Gasteiger partial charge in [0.15, 0.2) is 0 Å². The summed E-state index contributed by atoms with van der Waals surface area (Å²) in [5.41, 5.74) is 1.47. The van der Waals surface area contributed by atoms with E-state index in [1.54, 1.807) is 24.3 Å². The summed E-state index contributed by atoms with van der Waals surface area (Å²) in [4.78, 5) is 27.3. The molecule has 0 unspecified atom stereocenters. The third kappa shape index (κ3) is 3.69. The molecule has 0 atom stereocenters. The molecule has 3 rings (SSSR count). The van der Waals surface area contributed by atoms with E-state index in [1.165, 1.54) is 36.3 Å². The molecule has 2 aromatic rings. The molecule has 5 nitrogen and oxygen atoms in total. The minimum Gasteiger partial charge on any atom is -0.496 e. The zero-order valence-electron chi connectivity index (χ0n) is 15.5. The van der Waals surface area contributed by atoms with Gasteiger partial charge < -0.3 is 10.1 Å². The van der Waals surface area contributed by atoms with Gasteiger partial charge in [-0.3, -0.25) is 14.5 Å². The van der Waals surface area contributed by atoms with Gasteiger partial charge in [0.05, 0.1) is 12.7 Å². The van der Waals surface area contributed by atoms with E-state index in [-0.39, 0.29) is 28.9 Å². The summed E-state index contributed by atoms with van der Waals surface area (Å²) in [5.74, 6) is -0.531. The molecule has 0 spiro atoms. The van der Waals surface area contributed by atoms with Gasteiger partial charge in [-0.1, -0.05) is 32.0 Å². The summed E-state index contributed by atoms with van der Waals surface area (Å²) in [5, 5.41) is 3.00. The van der Waals surface area contributed by atoms with Crippen LogP contribution >= 0.6 is 0 Å². The van der Waals surface area contributed by atoms with Crippen molar-refractivity contribution in [3.63, 3.8) is 0 Å². The zero-order chi connectivity index (χ0) is 19.6. The fourth-order valence-electron chi connectivity index (χ4n) is 3.00. The molecule has 1 N–H and O–H groups in total. The lowest BCUT2D eigenvalue weighted by molar-refractivity contribution is -0.137. The molecule has 2 aromatic carbocycles. The van der Waals surface area contributed by atoms with Gasteiger partial charge in [0, 0.05) is 17.8 Å². The highest BCUT2D eigenvalue weighted by atomic mass is 19.1. The summed E-state index contributed by atoms with van der Waals surface area (Å²) >= 11 is 0. The number of carbonyl (C=O) groups excluding carboxylic acids is 2. The summed E-state index contributed by atoms with van der Waals surface area (Å²) < 4.78 is 18.6. The lowest BCUT2D eigenvalue weighted by Crippen LogP contribution is -2.35. The van der Waals surface area contributed by atoms with Crippen molar-refractivity contribution < 1.29 is 18.7 Å². The van der Waals surface area contributed by atoms with Crippen molar-refractivity contribution >= 4 is 23.1 Å². The molecule has 27 heavy (non-hydrogen) atoms. The molecule has 0 fully saturated rings. The maximum absolute atomic E-state index is 13.2. The monoisotopic (exact) mass is 368 g/mol. The predicted octanol–water partition coefficient (Wildman–Crippen LogP) is 3.68. The molecule has 6 heteroatoms. The van der Waals surface area contributed by atoms with Gasteiger partial charge >= 0.3 is 0 Å². The van der Waals surface area contributed by atoms with Gasteiger partial charge in [-0.15, -0.1) is 0 Å². The summed E-state index contributed by atoms with van der Waals surface area (Å²) in [6.45, 7) is 4.19. The van der Waals surface area contributed by atoms with E-state index in [1.807, 2.05) is 13.8 Å². The standard InChI is InChI=1S/C21H21FN2O3/c1-13(2)12-24-20(25)18(16-6-4-5-7-17(16)27-3)19(21(24)26)23-15-10-8-14(22)9-11-15/h4-11,13,23H,12H2,1-3H3. The average Bonchev–Trinajstić information content (AvgIpc) is 2.87. The fourth-order valence-corrected chi connectivity index (χ4v) is 3.00. The first-order valence-electron chi connectivity index (χ1n) is 8.68. The van der Waals surface area contributed by atoms with E-state index in [9.17, 15) is 14.0 Å². The Morgan fingerprint density at radius 2 is 1.70 bits per heavy atom. The zero-order valence-corrected chi connectivity index (χ0v) is 15.5. The van der Waals surface area contributed by atoms with E-state index in [0.29, 0.717) is 23.5 Å². The molecular weight excluding hydrogens is 347 g/mol. The molecule has 1 heterocycles. The molecule has 0 saturated carbocycles. The van der Waals surface area contributed by atoms with E-state index < -0.39 is 5.91 Å². The maximum Gasteiger partial charge on any atom is 0.278 e. The van der Waals surface area contributed by atoms with Gasteiger partial charge in [-0.05, 0) is 36.2 Å². The highest BCUT2D eigenvalue weighted by Gasteiger charge is 2.40. The molecule has 0 saturated heterocycles. The number of methoxy groups -OCH3 is 1. The predicted molar refractivity (Wildman–Crippen MR) is 101 cm³/mol. The first-order valence-corrected chi connectivity index (χ1v) is 8.68. The second-order valence-electron chi connectivity index (χ2n) is 6.70. The van der Waals surface area contributed by atoms with Crippen molar-refractivity contribution in [2.75, 3.05) is 19.0 Å². The van der Waals surface area contributed by atoms with Crippen LogP contribution < -0.4 is 10.1 Å². The number of hydrogen-bond donors (Lipinski definition) is 1. The summed E-state index contributed by atoms with van der Waals surface area (Å²) in [6.07, 6.45) is 0. The highest BCUT2D eigenvalue weighted by Crippen LogP contribution is 2.35. The van der Waals surface area contributed by atoms with Crippen molar-refractivity contribution in [3.05, 3.63) is 65.6 Å². The lowest BCUT2D eigenvalue weighted by Gasteiger charge is -2.17. The van der Waals surface area contributed by atoms with Crippen LogP contribution in [0.15, 0.2) is 54.2 Å². The Kier molecular flexibility index (Phi) is 5.26. The Labute approximate surface area is 157 Å². The van der Waals surface area contributed by atoms with Gasteiger partial charge in [-0.25, -0.2) is 4.39 Å². The number of benzene rings is 2. The normalized spacial score (nSPS) is 14.3. The number of halogens is 1. The summed E-state index contributed by atoms with van der Waals surface area (Å²) in [7, 11) is 1.51. The second-order valence-corrected chi connectivity index (χ2v) is 6.70. The molecule has 2 amide bonds. The van der Waals surface area contributed by atoms with E-state index in [0.717, 1.165) is 0 Å². The van der Waals surface area contributed by atoms with Gasteiger partial charge in [0.1, 0.15) is 17.3 Å². The molecule has 0 aromatic heterocycles. The smallest absolute Gasteiger partial charge is 0.278 e. The number of imide groups is 1. The van der Waals surface area contributed by atoms with Crippen molar-refractivity contribution in [3.8, 4) is 5.75 Å². The number of carbonyl (C=O) groups is 2. The van der Waals surface area contributed by atoms with Crippen molar-refractivity contribution in [2.24, 2.45) is 5.92 Å². The van der Waals surface area contributed by atoms with Crippen LogP contribution in [0.5, 0.6) is 5.75 Å². The minimum absolute atomic E-state index is 0.127. The van der Waals surface area contributed by atoms with Crippen LogP contribution in [-0.2, 0) is 9.59 Å². The Balaban J connectivity index is 2.10. The van der Waals surface area contributed by atoms with E-state index in [2.05, 4.69) is 5.32 Å². The first-order chi connectivity index (χ1) is 12.9. The number of nitrogens with zero attached hydrogens (tertiary/aromatic N) is 1. The second kappa shape index (κ2) is 7.61. The van der Waals surface area contributed by atoms with Crippen LogP contribution in [0, 0.1) is 11.7 Å². The fraction of sp³-hybridized carbons (Fsp3) is 0.238. The Bertz CT molecular complexity index is 904. The molecular formula is C21H21FN2O3. The molecule has 140 valence electrons. The van der Waals surface area contributed by atoms with Crippen LogP contribution in [-0.4, -0.2) is 30.4 Å². The number of anilines is 1. The van der Waals surface area contributed by atoms with Crippen molar-refractivity contribution in [1.82, 2.24) is 4.90 Å². The minimum atomic E-state index is -0.404. The topological polar surface area (TPSA) is 58.6 Å². The number of ether oxygens (including phenoxy) is 1. The molecule has 0 radical (unpaired) electrons. The SMILES string of the molecule is COc1ccccc1C1=C(Nc2ccc(F)cc2)C(=O)N(CC(C)C)C1=O. The number of hydrogen-bond acceptors (Lipinski definition) is 4.